The fourth-order valence-electron chi connectivity index (χ4n) is 0.645. The topological polar surface area (TPSA) is 43.2 Å². The van der Waals surface area contributed by atoms with Gasteiger partial charge in [0.05, 0.1) is 13.1 Å². The lowest BCUT2D eigenvalue weighted by molar-refractivity contribution is 0.256. The van der Waals surface area contributed by atoms with Crippen LogP contribution in [-0.4, -0.2) is 38.6 Å². The van der Waals surface area contributed by atoms with Crippen LogP contribution in [0.4, 0.5) is 0 Å². The van der Waals surface area contributed by atoms with Crippen molar-refractivity contribution in [3.63, 3.8) is 0 Å². The second kappa shape index (κ2) is 4.71. The van der Waals surface area contributed by atoms with Crippen molar-refractivity contribution in [1.82, 2.24) is 0 Å². The Kier molecular flexibility index (Phi) is 3.44. The van der Waals surface area contributed by atoms with Crippen LogP contribution in [0.5, 0.6) is 0 Å². The summed E-state index contributed by atoms with van der Waals surface area (Å²) in [5.74, 6) is 0. The largest absolute Gasteiger partial charge is 0.482 e. The van der Waals surface area contributed by atoms with Crippen LogP contribution in [0.15, 0.2) is 9.98 Å². The molecule has 0 radical (unpaired) electrons. The van der Waals surface area contributed by atoms with Crippen LogP contribution in [0.2, 0.25) is 0 Å². The number of ether oxygens (including phenoxy) is 2. The van der Waals surface area contributed by atoms with Crippen LogP contribution in [0, 0.1) is 0 Å². The Morgan fingerprint density at radius 1 is 1.36 bits per heavy atom. The lowest BCUT2D eigenvalue weighted by atomic mass is 10.4. The molecule has 0 amide bonds. The second-order valence-corrected chi connectivity index (χ2v) is 2.30. The summed E-state index contributed by atoms with van der Waals surface area (Å²) in [6.45, 7) is 4.45. The van der Waals surface area contributed by atoms with Crippen LogP contribution in [0.1, 0.15) is 6.92 Å². The molecule has 0 saturated carbocycles. The maximum absolute atomic E-state index is 4.86. The number of aliphatic imine (C=N–C) groups is 2. The molecule has 1 atom stereocenters. The van der Waals surface area contributed by atoms with Crippen LogP contribution < -0.4 is 0 Å². The van der Waals surface area contributed by atoms with E-state index in [9.17, 15) is 0 Å². The number of hydrogen-bond donors (Lipinski definition) is 0. The minimum atomic E-state index is 0.324. The quantitative estimate of drug-likeness (QED) is 0.512. The van der Waals surface area contributed by atoms with E-state index in [0.717, 1.165) is 19.7 Å². The molecule has 1 unspecified atom stereocenters. The summed E-state index contributed by atoms with van der Waals surface area (Å²) < 4.78 is 9.51. The molecule has 2 aliphatic heterocycles. The molecule has 0 aromatic carbocycles. The van der Waals surface area contributed by atoms with Crippen molar-refractivity contribution in [2.75, 3.05) is 19.7 Å². The summed E-state index contributed by atoms with van der Waals surface area (Å²) >= 11 is 0. The molecule has 4 heteroatoms. The second-order valence-electron chi connectivity index (χ2n) is 2.30. The molecule has 11 heavy (non-hydrogen) atoms. The monoisotopic (exact) mass is 156 g/mol. The molecule has 0 fully saturated rings. The van der Waals surface area contributed by atoms with Crippen molar-refractivity contribution in [3.05, 3.63) is 0 Å². The van der Waals surface area contributed by atoms with Crippen molar-refractivity contribution in [3.8, 4) is 0 Å². The minimum Gasteiger partial charge on any atom is -0.482 e. The first kappa shape index (κ1) is 8.04. The Morgan fingerprint density at radius 2 is 2.27 bits per heavy atom. The van der Waals surface area contributed by atoms with E-state index in [0.29, 0.717) is 6.10 Å². The molecule has 4 nitrogen and oxygen atoms in total. The van der Waals surface area contributed by atoms with Crippen LogP contribution >= 0.6 is 0 Å². The van der Waals surface area contributed by atoms with E-state index in [1.54, 1.807) is 0 Å². The third kappa shape index (κ3) is 3.60. The van der Waals surface area contributed by atoms with E-state index in [1.165, 1.54) is 12.8 Å². The maximum Gasteiger partial charge on any atom is 0.170 e. The highest BCUT2D eigenvalue weighted by Gasteiger charge is 2.01. The van der Waals surface area contributed by atoms with Gasteiger partial charge >= 0.3 is 0 Å². The number of hydrogen-bond acceptors (Lipinski definition) is 4. The Bertz CT molecular complexity index is 143. The average molecular weight is 156 g/mol. The van der Waals surface area contributed by atoms with Gasteiger partial charge in [-0.05, 0) is 6.92 Å². The molecule has 0 aromatic heterocycles. The third-order valence-electron chi connectivity index (χ3n) is 1.22. The van der Waals surface area contributed by atoms with Crippen molar-refractivity contribution >= 4 is 12.8 Å². The van der Waals surface area contributed by atoms with E-state index < -0.39 is 0 Å². The van der Waals surface area contributed by atoms with Crippen LogP contribution in [-0.2, 0) is 9.47 Å². The molecule has 2 aliphatic rings. The zero-order valence-corrected chi connectivity index (χ0v) is 6.56. The summed E-state index contributed by atoms with van der Waals surface area (Å²) in [6, 6.07) is 0. The standard InChI is InChI=1S/C4H7NO.C3H5NO/c1-4-2-5-3-6-4;1-2-5-3-4-1/h3-4H,2H2,1H3;3H,1-2H2. The van der Waals surface area contributed by atoms with E-state index >= 15 is 0 Å². The van der Waals surface area contributed by atoms with E-state index in [1.807, 2.05) is 6.92 Å². The average Bonchev–Trinajstić information content (AvgIpc) is 2.57. The molecular formula is C7H12N2O2. The summed E-state index contributed by atoms with van der Waals surface area (Å²) in [5, 5.41) is 0. The molecule has 62 valence electrons. The Morgan fingerprint density at radius 3 is 2.45 bits per heavy atom. The zero-order valence-electron chi connectivity index (χ0n) is 6.56. The predicted molar refractivity (Wildman–Crippen MR) is 43.2 cm³/mol. The van der Waals surface area contributed by atoms with Gasteiger partial charge in [-0.2, -0.15) is 0 Å². The molecule has 2 rings (SSSR count). The third-order valence-corrected chi connectivity index (χ3v) is 1.22. The highest BCUT2D eigenvalue weighted by atomic mass is 16.5. The van der Waals surface area contributed by atoms with E-state index in [-0.39, 0.29) is 0 Å². The van der Waals surface area contributed by atoms with E-state index in [4.69, 9.17) is 4.74 Å². The lowest BCUT2D eigenvalue weighted by Gasteiger charge is -1.94. The summed E-state index contributed by atoms with van der Waals surface area (Å²) in [4.78, 5) is 7.55. The molecule has 2 heterocycles. The van der Waals surface area contributed by atoms with Gasteiger partial charge in [-0.3, -0.25) is 9.98 Å². The van der Waals surface area contributed by atoms with Gasteiger partial charge < -0.3 is 9.47 Å². The molecule has 0 saturated heterocycles. The van der Waals surface area contributed by atoms with Gasteiger partial charge in [0, 0.05) is 0 Å². The first-order valence-corrected chi connectivity index (χ1v) is 3.63. The summed E-state index contributed by atoms with van der Waals surface area (Å²) in [5.41, 5.74) is 0. The SMILES string of the molecule is C1=NCCO1.CC1CN=CO1. The van der Waals surface area contributed by atoms with Gasteiger partial charge in [-0.25, -0.2) is 0 Å². The van der Waals surface area contributed by atoms with Gasteiger partial charge in [-0.1, -0.05) is 0 Å². The summed E-state index contributed by atoms with van der Waals surface area (Å²) in [6.07, 6.45) is 3.31. The Balaban J connectivity index is 0.000000112. The van der Waals surface area contributed by atoms with Crippen LogP contribution in [0.3, 0.4) is 0 Å². The van der Waals surface area contributed by atoms with Crippen LogP contribution in [0.25, 0.3) is 0 Å². The highest BCUT2D eigenvalue weighted by molar-refractivity contribution is 5.48. The first-order chi connectivity index (χ1) is 5.39. The molecule has 0 spiro atoms. The van der Waals surface area contributed by atoms with Crippen molar-refractivity contribution in [2.24, 2.45) is 9.98 Å². The highest BCUT2D eigenvalue weighted by Crippen LogP contribution is 1.93. The summed E-state index contributed by atoms with van der Waals surface area (Å²) in [7, 11) is 0. The Hall–Kier alpha value is -1.06. The van der Waals surface area contributed by atoms with Crippen molar-refractivity contribution in [1.29, 1.82) is 0 Å². The number of rotatable bonds is 0. The normalized spacial score (nSPS) is 25.4. The molecule has 0 N–H and O–H groups in total. The molecule has 0 aromatic rings. The Labute approximate surface area is 65.9 Å². The van der Waals surface area contributed by atoms with Gasteiger partial charge in [0.25, 0.3) is 0 Å². The van der Waals surface area contributed by atoms with Gasteiger partial charge in [-0.15, -0.1) is 0 Å². The van der Waals surface area contributed by atoms with Gasteiger partial charge in [0.1, 0.15) is 12.7 Å². The molecule has 0 aliphatic carbocycles. The fraction of sp³-hybridized carbons (Fsp3) is 0.714. The van der Waals surface area contributed by atoms with Gasteiger partial charge in [0.15, 0.2) is 12.8 Å². The van der Waals surface area contributed by atoms with Crippen molar-refractivity contribution in [2.45, 2.75) is 13.0 Å². The zero-order chi connectivity index (χ0) is 7.94. The van der Waals surface area contributed by atoms with Crippen molar-refractivity contribution < 1.29 is 9.47 Å². The lowest BCUT2D eigenvalue weighted by Crippen LogP contribution is -2.01. The van der Waals surface area contributed by atoms with E-state index in [2.05, 4.69) is 14.7 Å². The molecule has 0 bridgehead atoms. The first-order valence-electron chi connectivity index (χ1n) is 3.63. The smallest absolute Gasteiger partial charge is 0.170 e. The maximum atomic E-state index is 4.86. The number of nitrogens with zero attached hydrogens (tertiary/aromatic N) is 2. The molecular weight excluding hydrogens is 144 g/mol. The fourth-order valence-corrected chi connectivity index (χ4v) is 0.645. The minimum absolute atomic E-state index is 0.324. The van der Waals surface area contributed by atoms with Gasteiger partial charge in [0.2, 0.25) is 0 Å². The predicted octanol–water partition coefficient (Wildman–Crippen LogP) is 0.478.